The number of aryl methyl sites for hydroxylation is 1. The van der Waals surface area contributed by atoms with Gasteiger partial charge in [-0.3, -0.25) is 0 Å². The molecule has 1 aromatic carbocycles. The van der Waals surface area contributed by atoms with Crippen molar-refractivity contribution in [1.29, 1.82) is 0 Å². The van der Waals surface area contributed by atoms with E-state index in [-0.39, 0.29) is 0 Å². The number of rotatable bonds is 2. The highest BCUT2D eigenvalue weighted by Crippen LogP contribution is 2.27. The number of nitrogens with zero attached hydrogens (tertiary/aromatic N) is 1. The van der Waals surface area contributed by atoms with E-state index in [0.717, 1.165) is 11.8 Å². The summed E-state index contributed by atoms with van der Waals surface area (Å²) in [7, 11) is 0. The van der Waals surface area contributed by atoms with Gasteiger partial charge in [0.1, 0.15) is 0 Å². The van der Waals surface area contributed by atoms with Gasteiger partial charge < -0.3 is 4.90 Å². The van der Waals surface area contributed by atoms with Crippen LogP contribution in [0, 0.1) is 18.8 Å². The summed E-state index contributed by atoms with van der Waals surface area (Å²) in [5, 5.41) is 0. The lowest BCUT2D eigenvalue weighted by atomic mass is 9.87. The van der Waals surface area contributed by atoms with Crippen LogP contribution in [0.2, 0.25) is 0 Å². The van der Waals surface area contributed by atoms with Crippen LogP contribution in [0.5, 0.6) is 0 Å². The third-order valence-electron chi connectivity index (χ3n) is 3.77. The normalized spacial score (nSPS) is 21.5. The number of hydrogen-bond acceptors (Lipinski definition) is 1. The molecule has 0 aliphatic carbocycles. The average molecular weight is 217 g/mol. The zero-order valence-corrected chi connectivity index (χ0v) is 10.7. The Morgan fingerprint density at radius 2 is 2.12 bits per heavy atom. The molecular weight excluding hydrogens is 194 g/mol. The molecule has 0 bridgehead atoms. The van der Waals surface area contributed by atoms with Gasteiger partial charge in [-0.1, -0.05) is 26.0 Å². The van der Waals surface area contributed by atoms with Crippen LogP contribution < -0.4 is 4.90 Å². The molecule has 1 fully saturated rings. The second-order valence-corrected chi connectivity index (χ2v) is 5.43. The van der Waals surface area contributed by atoms with E-state index >= 15 is 0 Å². The fourth-order valence-electron chi connectivity index (χ4n) is 2.61. The molecule has 1 heteroatoms. The van der Waals surface area contributed by atoms with E-state index in [1.807, 2.05) is 0 Å². The highest BCUT2D eigenvalue weighted by molar-refractivity contribution is 5.48. The Hall–Kier alpha value is -0.980. The summed E-state index contributed by atoms with van der Waals surface area (Å²) in [5.41, 5.74) is 2.77. The SMILES string of the molecule is Cc1cccc(N2CCCC(C(C)C)C2)c1. The Labute approximate surface area is 99.5 Å². The second-order valence-electron chi connectivity index (χ2n) is 5.43. The second kappa shape index (κ2) is 4.90. The first-order chi connectivity index (χ1) is 7.66. The minimum Gasteiger partial charge on any atom is -0.371 e. The molecule has 0 aromatic heterocycles. The van der Waals surface area contributed by atoms with Crippen molar-refractivity contribution in [3.63, 3.8) is 0 Å². The van der Waals surface area contributed by atoms with Gasteiger partial charge in [-0.05, 0) is 49.3 Å². The van der Waals surface area contributed by atoms with Crippen molar-refractivity contribution in [3.8, 4) is 0 Å². The molecule has 1 aliphatic heterocycles. The molecular formula is C15H23N. The maximum atomic E-state index is 2.56. The summed E-state index contributed by atoms with van der Waals surface area (Å²) in [6.07, 6.45) is 2.75. The topological polar surface area (TPSA) is 3.24 Å². The van der Waals surface area contributed by atoms with Gasteiger partial charge in [0.2, 0.25) is 0 Å². The summed E-state index contributed by atoms with van der Waals surface area (Å²) in [6, 6.07) is 8.90. The number of piperidine rings is 1. The lowest BCUT2D eigenvalue weighted by molar-refractivity contribution is 0.322. The number of hydrogen-bond donors (Lipinski definition) is 0. The zero-order chi connectivity index (χ0) is 11.5. The van der Waals surface area contributed by atoms with Crippen LogP contribution in [0.15, 0.2) is 24.3 Å². The van der Waals surface area contributed by atoms with Crippen LogP contribution in [-0.4, -0.2) is 13.1 Å². The molecule has 0 spiro atoms. The highest BCUT2D eigenvalue weighted by Gasteiger charge is 2.22. The zero-order valence-electron chi connectivity index (χ0n) is 10.7. The van der Waals surface area contributed by atoms with Crippen molar-refractivity contribution in [3.05, 3.63) is 29.8 Å². The van der Waals surface area contributed by atoms with Crippen LogP contribution in [-0.2, 0) is 0 Å². The third-order valence-corrected chi connectivity index (χ3v) is 3.77. The monoisotopic (exact) mass is 217 g/mol. The standard InChI is InChI=1S/C15H23N/c1-12(2)14-7-5-9-16(11-14)15-8-4-6-13(3)10-15/h4,6,8,10,12,14H,5,7,9,11H2,1-3H3. The van der Waals surface area contributed by atoms with E-state index in [2.05, 4.69) is 49.9 Å². The Balaban J connectivity index is 2.09. The van der Waals surface area contributed by atoms with Gasteiger partial charge in [0.05, 0.1) is 0 Å². The van der Waals surface area contributed by atoms with Crippen molar-refractivity contribution in [2.45, 2.75) is 33.6 Å². The Kier molecular flexibility index (Phi) is 3.52. The maximum absolute atomic E-state index is 2.56. The Morgan fingerprint density at radius 3 is 2.81 bits per heavy atom. The molecule has 2 rings (SSSR count). The largest absolute Gasteiger partial charge is 0.371 e. The van der Waals surface area contributed by atoms with Crippen molar-refractivity contribution in [1.82, 2.24) is 0 Å². The summed E-state index contributed by atoms with van der Waals surface area (Å²) < 4.78 is 0. The van der Waals surface area contributed by atoms with Gasteiger partial charge in [-0.15, -0.1) is 0 Å². The fourth-order valence-corrected chi connectivity index (χ4v) is 2.61. The van der Waals surface area contributed by atoms with Gasteiger partial charge in [0, 0.05) is 18.8 Å². The van der Waals surface area contributed by atoms with E-state index < -0.39 is 0 Å². The predicted molar refractivity (Wildman–Crippen MR) is 71.0 cm³/mol. The summed E-state index contributed by atoms with van der Waals surface area (Å²) in [5.74, 6) is 1.68. The van der Waals surface area contributed by atoms with Gasteiger partial charge in [-0.25, -0.2) is 0 Å². The van der Waals surface area contributed by atoms with Gasteiger partial charge in [-0.2, -0.15) is 0 Å². The minimum atomic E-state index is 0.813. The first-order valence-electron chi connectivity index (χ1n) is 6.48. The molecule has 1 aromatic rings. The molecule has 1 heterocycles. The van der Waals surface area contributed by atoms with Crippen LogP contribution in [0.25, 0.3) is 0 Å². The third kappa shape index (κ3) is 2.58. The summed E-state index contributed by atoms with van der Waals surface area (Å²) >= 11 is 0. The molecule has 0 N–H and O–H groups in total. The van der Waals surface area contributed by atoms with Crippen molar-refractivity contribution >= 4 is 5.69 Å². The molecule has 1 unspecified atom stereocenters. The van der Waals surface area contributed by atoms with E-state index in [1.165, 1.54) is 37.2 Å². The quantitative estimate of drug-likeness (QED) is 0.727. The Morgan fingerprint density at radius 1 is 1.31 bits per heavy atom. The van der Waals surface area contributed by atoms with E-state index in [4.69, 9.17) is 0 Å². The minimum absolute atomic E-state index is 0.813. The van der Waals surface area contributed by atoms with Crippen molar-refractivity contribution in [2.24, 2.45) is 11.8 Å². The van der Waals surface area contributed by atoms with E-state index in [0.29, 0.717) is 0 Å². The molecule has 0 amide bonds. The number of anilines is 1. The lowest BCUT2D eigenvalue weighted by Gasteiger charge is -2.36. The molecule has 88 valence electrons. The fraction of sp³-hybridized carbons (Fsp3) is 0.600. The molecule has 1 nitrogen and oxygen atoms in total. The van der Waals surface area contributed by atoms with Gasteiger partial charge in [0.15, 0.2) is 0 Å². The molecule has 1 aliphatic rings. The van der Waals surface area contributed by atoms with E-state index in [1.54, 1.807) is 0 Å². The molecule has 0 radical (unpaired) electrons. The van der Waals surface area contributed by atoms with Crippen LogP contribution in [0.1, 0.15) is 32.3 Å². The maximum Gasteiger partial charge on any atom is 0.0368 e. The van der Waals surface area contributed by atoms with Crippen molar-refractivity contribution < 1.29 is 0 Å². The molecule has 1 atom stereocenters. The van der Waals surface area contributed by atoms with Gasteiger partial charge >= 0.3 is 0 Å². The Bertz CT molecular complexity index is 343. The predicted octanol–water partition coefficient (Wildman–Crippen LogP) is 3.87. The van der Waals surface area contributed by atoms with Crippen LogP contribution in [0.3, 0.4) is 0 Å². The lowest BCUT2D eigenvalue weighted by Crippen LogP contribution is -2.37. The number of benzene rings is 1. The smallest absolute Gasteiger partial charge is 0.0368 e. The highest BCUT2D eigenvalue weighted by atomic mass is 15.1. The first kappa shape index (κ1) is 11.5. The molecule has 0 saturated carbocycles. The molecule has 1 saturated heterocycles. The summed E-state index contributed by atoms with van der Waals surface area (Å²) in [6.45, 7) is 9.34. The molecule has 16 heavy (non-hydrogen) atoms. The summed E-state index contributed by atoms with van der Waals surface area (Å²) in [4.78, 5) is 2.56. The van der Waals surface area contributed by atoms with E-state index in [9.17, 15) is 0 Å². The van der Waals surface area contributed by atoms with Crippen molar-refractivity contribution in [2.75, 3.05) is 18.0 Å². The van der Waals surface area contributed by atoms with Crippen LogP contribution in [0.4, 0.5) is 5.69 Å². The van der Waals surface area contributed by atoms with Gasteiger partial charge in [0.25, 0.3) is 0 Å². The van der Waals surface area contributed by atoms with Crippen LogP contribution >= 0.6 is 0 Å². The average Bonchev–Trinajstić information content (AvgIpc) is 2.29. The first-order valence-corrected chi connectivity index (χ1v) is 6.48.